The predicted molar refractivity (Wildman–Crippen MR) is 80.0 cm³/mol. The number of rotatable bonds is 5. The van der Waals surface area contributed by atoms with Crippen molar-refractivity contribution in [3.63, 3.8) is 0 Å². The number of ether oxygens (including phenoxy) is 2. The number of carbonyl (C=O) groups excluding carboxylic acids is 1. The van der Waals surface area contributed by atoms with Gasteiger partial charge in [-0.3, -0.25) is 4.79 Å². The summed E-state index contributed by atoms with van der Waals surface area (Å²) < 4.78 is 15.8. The topological polar surface area (TPSA) is 63.9 Å². The first-order valence-electron chi connectivity index (χ1n) is 7.03. The van der Waals surface area contributed by atoms with Gasteiger partial charge in [0.1, 0.15) is 0 Å². The molecule has 6 nitrogen and oxygen atoms in total. The molecule has 0 saturated heterocycles. The van der Waals surface area contributed by atoms with Gasteiger partial charge < -0.3 is 24.1 Å². The second-order valence-corrected chi connectivity index (χ2v) is 5.28. The van der Waals surface area contributed by atoms with E-state index in [0.29, 0.717) is 12.3 Å². The van der Waals surface area contributed by atoms with Gasteiger partial charge in [0.05, 0.1) is 12.3 Å². The zero-order valence-electron chi connectivity index (χ0n) is 12.5. The molecule has 1 atom stereocenters. The molecule has 1 aliphatic rings. The second-order valence-electron chi connectivity index (χ2n) is 5.28. The van der Waals surface area contributed by atoms with E-state index in [4.69, 9.17) is 13.9 Å². The third kappa shape index (κ3) is 2.92. The van der Waals surface area contributed by atoms with Crippen molar-refractivity contribution in [2.45, 2.75) is 6.04 Å². The van der Waals surface area contributed by atoms with Crippen molar-refractivity contribution in [2.75, 3.05) is 27.4 Å². The van der Waals surface area contributed by atoms with Crippen LogP contribution in [-0.4, -0.2) is 38.2 Å². The molecule has 22 heavy (non-hydrogen) atoms. The van der Waals surface area contributed by atoms with Gasteiger partial charge in [-0.15, -0.1) is 0 Å². The highest BCUT2D eigenvalue weighted by atomic mass is 16.7. The Morgan fingerprint density at radius 3 is 2.82 bits per heavy atom. The van der Waals surface area contributed by atoms with E-state index in [1.807, 2.05) is 37.2 Å². The van der Waals surface area contributed by atoms with Crippen molar-refractivity contribution in [1.29, 1.82) is 0 Å². The highest BCUT2D eigenvalue weighted by molar-refractivity contribution is 5.91. The largest absolute Gasteiger partial charge is 0.459 e. The number of nitrogens with zero attached hydrogens (tertiary/aromatic N) is 1. The second kappa shape index (κ2) is 6.11. The number of carbonyl (C=O) groups is 1. The van der Waals surface area contributed by atoms with Crippen LogP contribution in [0.5, 0.6) is 11.5 Å². The zero-order valence-corrected chi connectivity index (χ0v) is 12.5. The molecule has 0 radical (unpaired) electrons. The van der Waals surface area contributed by atoms with Crippen molar-refractivity contribution < 1.29 is 18.7 Å². The SMILES string of the molecule is CN(C)[C@@H](CNC(=O)c1ccco1)c1ccc2c(c1)OCO2. The predicted octanol–water partition coefficient (Wildman–Crippen LogP) is 2.04. The normalized spacial score (nSPS) is 14.1. The minimum Gasteiger partial charge on any atom is -0.459 e. The molecule has 1 amide bonds. The van der Waals surface area contributed by atoms with Gasteiger partial charge in [-0.05, 0) is 43.9 Å². The Kier molecular flexibility index (Phi) is 4.02. The molecule has 0 bridgehead atoms. The quantitative estimate of drug-likeness (QED) is 0.915. The molecule has 0 spiro atoms. The van der Waals surface area contributed by atoms with E-state index < -0.39 is 0 Å². The third-order valence-corrected chi connectivity index (χ3v) is 3.61. The first kappa shape index (κ1) is 14.5. The molecule has 0 aliphatic carbocycles. The lowest BCUT2D eigenvalue weighted by molar-refractivity contribution is 0.0914. The molecule has 116 valence electrons. The molecule has 0 unspecified atom stereocenters. The number of nitrogens with one attached hydrogen (secondary N) is 1. The van der Waals surface area contributed by atoms with Gasteiger partial charge in [0, 0.05) is 6.54 Å². The molecule has 1 aromatic carbocycles. The summed E-state index contributed by atoms with van der Waals surface area (Å²) in [6.45, 7) is 0.715. The van der Waals surface area contributed by atoms with Gasteiger partial charge in [-0.25, -0.2) is 0 Å². The van der Waals surface area contributed by atoms with Gasteiger partial charge in [0.25, 0.3) is 5.91 Å². The summed E-state index contributed by atoms with van der Waals surface area (Å²) in [7, 11) is 3.93. The lowest BCUT2D eigenvalue weighted by Crippen LogP contribution is -2.34. The summed E-state index contributed by atoms with van der Waals surface area (Å²) in [6.07, 6.45) is 1.48. The smallest absolute Gasteiger partial charge is 0.287 e. The van der Waals surface area contributed by atoms with E-state index in [1.165, 1.54) is 6.26 Å². The number of amides is 1. The van der Waals surface area contributed by atoms with Crippen LogP contribution in [0.2, 0.25) is 0 Å². The molecule has 1 aliphatic heterocycles. The third-order valence-electron chi connectivity index (χ3n) is 3.61. The molecule has 2 aromatic rings. The van der Waals surface area contributed by atoms with Gasteiger partial charge in [-0.2, -0.15) is 0 Å². The van der Waals surface area contributed by atoms with E-state index in [1.54, 1.807) is 12.1 Å². The fourth-order valence-corrected chi connectivity index (χ4v) is 2.40. The van der Waals surface area contributed by atoms with Crippen LogP contribution >= 0.6 is 0 Å². The highest BCUT2D eigenvalue weighted by Crippen LogP contribution is 2.34. The van der Waals surface area contributed by atoms with E-state index in [-0.39, 0.29) is 18.7 Å². The fraction of sp³-hybridized carbons (Fsp3) is 0.312. The van der Waals surface area contributed by atoms with Crippen LogP contribution in [0.1, 0.15) is 22.2 Å². The molecular weight excluding hydrogens is 284 g/mol. The Labute approximate surface area is 128 Å². The molecule has 1 aromatic heterocycles. The van der Waals surface area contributed by atoms with Crippen LogP contribution in [0, 0.1) is 0 Å². The van der Waals surface area contributed by atoms with E-state index >= 15 is 0 Å². The summed E-state index contributed by atoms with van der Waals surface area (Å²) in [5, 5.41) is 2.89. The monoisotopic (exact) mass is 302 g/mol. The molecule has 0 saturated carbocycles. The Hall–Kier alpha value is -2.47. The molecule has 2 heterocycles. The first-order valence-corrected chi connectivity index (χ1v) is 7.03. The van der Waals surface area contributed by atoms with Gasteiger partial charge in [0.15, 0.2) is 17.3 Å². The lowest BCUT2D eigenvalue weighted by atomic mass is 10.1. The van der Waals surface area contributed by atoms with Crippen molar-refractivity contribution in [2.24, 2.45) is 0 Å². The maximum absolute atomic E-state index is 12.0. The van der Waals surface area contributed by atoms with Crippen LogP contribution < -0.4 is 14.8 Å². The van der Waals surface area contributed by atoms with Crippen molar-refractivity contribution in [3.8, 4) is 11.5 Å². The summed E-state index contributed by atoms with van der Waals surface area (Å²) in [5.74, 6) is 1.57. The van der Waals surface area contributed by atoms with Crippen LogP contribution in [0.25, 0.3) is 0 Å². The van der Waals surface area contributed by atoms with Crippen molar-refractivity contribution >= 4 is 5.91 Å². The summed E-state index contributed by atoms with van der Waals surface area (Å²) in [6, 6.07) is 9.18. The summed E-state index contributed by atoms with van der Waals surface area (Å²) >= 11 is 0. The molecule has 1 N–H and O–H groups in total. The highest BCUT2D eigenvalue weighted by Gasteiger charge is 2.20. The Morgan fingerprint density at radius 1 is 1.27 bits per heavy atom. The van der Waals surface area contributed by atoms with Gasteiger partial charge in [0.2, 0.25) is 6.79 Å². The van der Waals surface area contributed by atoms with Crippen LogP contribution in [0.15, 0.2) is 41.0 Å². The molecule has 0 fully saturated rings. The van der Waals surface area contributed by atoms with Crippen LogP contribution in [0.3, 0.4) is 0 Å². The summed E-state index contributed by atoms with van der Waals surface area (Å²) in [5.41, 5.74) is 1.05. The first-order chi connectivity index (χ1) is 10.6. The number of likely N-dealkylation sites (N-methyl/N-ethyl adjacent to an activating group) is 1. The van der Waals surface area contributed by atoms with Crippen LogP contribution in [-0.2, 0) is 0 Å². The van der Waals surface area contributed by atoms with E-state index in [2.05, 4.69) is 5.32 Å². The number of hydrogen-bond donors (Lipinski definition) is 1. The Bertz CT molecular complexity index is 652. The number of hydrogen-bond acceptors (Lipinski definition) is 5. The van der Waals surface area contributed by atoms with Gasteiger partial charge in [-0.1, -0.05) is 6.07 Å². The number of fused-ring (bicyclic) bond motifs is 1. The maximum atomic E-state index is 12.0. The Morgan fingerprint density at radius 2 is 2.09 bits per heavy atom. The molecule has 6 heteroatoms. The van der Waals surface area contributed by atoms with E-state index in [9.17, 15) is 4.79 Å². The maximum Gasteiger partial charge on any atom is 0.287 e. The van der Waals surface area contributed by atoms with Crippen LogP contribution in [0.4, 0.5) is 0 Å². The minimum absolute atomic E-state index is 0.0217. The van der Waals surface area contributed by atoms with Crippen molar-refractivity contribution in [1.82, 2.24) is 10.2 Å². The lowest BCUT2D eigenvalue weighted by Gasteiger charge is -2.25. The van der Waals surface area contributed by atoms with E-state index in [0.717, 1.165) is 17.1 Å². The van der Waals surface area contributed by atoms with Gasteiger partial charge >= 0.3 is 0 Å². The average Bonchev–Trinajstić information content (AvgIpc) is 3.17. The average molecular weight is 302 g/mol. The zero-order chi connectivity index (χ0) is 15.5. The minimum atomic E-state index is -0.224. The van der Waals surface area contributed by atoms with Crippen molar-refractivity contribution in [3.05, 3.63) is 47.9 Å². The number of benzene rings is 1. The molecular formula is C16H18N2O4. The Balaban J connectivity index is 1.71. The standard InChI is InChI=1S/C16H18N2O4/c1-18(2)12(9-17-16(19)14-4-3-7-20-14)11-5-6-13-15(8-11)22-10-21-13/h3-8,12H,9-10H2,1-2H3,(H,17,19)/t12-/m0/s1. The molecule has 3 rings (SSSR count). The summed E-state index contributed by atoms with van der Waals surface area (Å²) in [4.78, 5) is 14.0. The fourth-order valence-electron chi connectivity index (χ4n) is 2.40. The number of furan rings is 1.